The van der Waals surface area contributed by atoms with Crippen LogP contribution in [0.1, 0.15) is 30.4 Å². The smallest absolute Gasteiger partial charge is 0.125 e. The van der Waals surface area contributed by atoms with Crippen molar-refractivity contribution in [1.29, 1.82) is 0 Å². The second kappa shape index (κ2) is 6.72. The molecule has 0 bridgehead atoms. The van der Waals surface area contributed by atoms with E-state index in [-0.39, 0.29) is 0 Å². The van der Waals surface area contributed by atoms with Crippen molar-refractivity contribution in [2.45, 2.75) is 25.8 Å². The van der Waals surface area contributed by atoms with Gasteiger partial charge in [0.2, 0.25) is 0 Å². The Labute approximate surface area is 127 Å². The number of likely N-dealkylation sites (tertiary alicyclic amines) is 1. The van der Waals surface area contributed by atoms with Crippen molar-refractivity contribution in [2.75, 3.05) is 25.0 Å². The predicted molar refractivity (Wildman–Crippen MR) is 87.5 cm³/mol. The van der Waals surface area contributed by atoms with Gasteiger partial charge in [0.05, 0.1) is 0 Å². The third kappa shape index (κ3) is 3.61. The molecule has 1 fully saturated rings. The van der Waals surface area contributed by atoms with Crippen molar-refractivity contribution >= 4 is 5.82 Å². The third-order valence-corrected chi connectivity index (χ3v) is 4.13. The van der Waals surface area contributed by atoms with Crippen LogP contribution in [0.2, 0.25) is 0 Å². The van der Waals surface area contributed by atoms with Gasteiger partial charge in [-0.25, -0.2) is 4.98 Å². The molecule has 3 nitrogen and oxygen atoms in total. The van der Waals surface area contributed by atoms with Crippen molar-refractivity contribution in [1.82, 2.24) is 9.88 Å². The first-order valence-electron chi connectivity index (χ1n) is 7.81. The molecule has 0 saturated carbocycles. The maximum Gasteiger partial charge on any atom is 0.125 e. The molecule has 0 aliphatic carbocycles. The highest BCUT2D eigenvalue weighted by Crippen LogP contribution is 2.27. The Morgan fingerprint density at radius 3 is 2.76 bits per heavy atom. The normalized spacial score (nSPS) is 18.8. The summed E-state index contributed by atoms with van der Waals surface area (Å²) in [6.45, 7) is 6.33. The molecule has 3 heteroatoms. The molecule has 1 unspecified atom stereocenters. The first-order valence-corrected chi connectivity index (χ1v) is 7.81. The van der Waals surface area contributed by atoms with Crippen LogP contribution in [0.25, 0.3) is 0 Å². The Hall–Kier alpha value is -1.87. The van der Waals surface area contributed by atoms with Crippen LogP contribution in [0, 0.1) is 0 Å². The lowest BCUT2D eigenvalue weighted by atomic mass is 9.99. The van der Waals surface area contributed by atoms with Gasteiger partial charge < -0.3 is 5.32 Å². The van der Waals surface area contributed by atoms with Crippen LogP contribution in [0.15, 0.2) is 48.7 Å². The van der Waals surface area contributed by atoms with Gasteiger partial charge in [-0.2, -0.15) is 0 Å². The van der Waals surface area contributed by atoms with E-state index in [0.717, 1.165) is 25.5 Å². The summed E-state index contributed by atoms with van der Waals surface area (Å²) in [5, 5.41) is 3.23. The van der Waals surface area contributed by atoms with E-state index in [9.17, 15) is 0 Å². The fraction of sp³-hybridized carbons (Fsp3) is 0.389. The lowest BCUT2D eigenvalue weighted by molar-refractivity contribution is 0.326. The van der Waals surface area contributed by atoms with E-state index in [0.29, 0.717) is 5.92 Å². The van der Waals surface area contributed by atoms with Crippen LogP contribution >= 0.6 is 0 Å². The van der Waals surface area contributed by atoms with Crippen LogP contribution in [-0.4, -0.2) is 29.5 Å². The van der Waals surface area contributed by atoms with Gasteiger partial charge in [0.25, 0.3) is 0 Å². The molecule has 1 aromatic heterocycles. The molecule has 1 aromatic carbocycles. The van der Waals surface area contributed by atoms with Gasteiger partial charge in [0, 0.05) is 25.8 Å². The highest BCUT2D eigenvalue weighted by Gasteiger charge is 2.23. The molecule has 0 spiro atoms. The Morgan fingerprint density at radius 2 is 2.05 bits per heavy atom. The summed E-state index contributed by atoms with van der Waals surface area (Å²) < 4.78 is 0. The zero-order chi connectivity index (χ0) is 14.5. The Kier molecular flexibility index (Phi) is 4.51. The third-order valence-electron chi connectivity index (χ3n) is 4.13. The molecule has 2 heterocycles. The standard InChI is InChI=1S/C18H23N3/c1-2-19-18-9-8-15(12-20-18)13-21-11-10-17(14-21)16-6-4-3-5-7-16/h3-9,12,17H,2,10-11,13-14H2,1H3,(H,19,20). The quantitative estimate of drug-likeness (QED) is 0.909. The van der Waals surface area contributed by atoms with Crippen LogP contribution in [0.3, 0.4) is 0 Å². The first-order chi connectivity index (χ1) is 10.3. The number of benzene rings is 1. The van der Waals surface area contributed by atoms with E-state index in [1.807, 2.05) is 6.20 Å². The number of pyridine rings is 1. The predicted octanol–water partition coefficient (Wildman–Crippen LogP) is 3.50. The van der Waals surface area contributed by atoms with Crippen molar-refractivity contribution in [3.05, 3.63) is 59.8 Å². The summed E-state index contributed by atoms with van der Waals surface area (Å²) in [4.78, 5) is 6.98. The fourth-order valence-corrected chi connectivity index (χ4v) is 3.04. The highest BCUT2D eigenvalue weighted by molar-refractivity contribution is 5.35. The largest absolute Gasteiger partial charge is 0.370 e. The first kappa shape index (κ1) is 14.1. The molecule has 3 rings (SSSR count). The van der Waals surface area contributed by atoms with Crippen LogP contribution in [0.4, 0.5) is 5.82 Å². The van der Waals surface area contributed by atoms with E-state index in [1.165, 1.54) is 24.1 Å². The molecule has 1 aliphatic heterocycles. The number of nitrogens with one attached hydrogen (secondary N) is 1. The fourth-order valence-electron chi connectivity index (χ4n) is 3.04. The lowest BCUT2D eigenvalue weighted by Crippen LogP contribution is -2.19. The van der Waals surface area contributed by atoms with Crippen molar-refractivity contribution in [3.63, 3.8) is 0 Å². The second-order valence-corrected chi connectivity index (χ2v) is 5.71. The average Bonchev–Trinajstić information content (AvgIpc) is 2.99. The summed E-state index contributed by atoms with van der Waals surface area (Å²) in [7, 11) is 0. The molecule has 1 N–H and O–H groups in total. The molecule has 21 heavy (non-hydrogen) atoms. The monoisotopic (exact) mass is 281 g/mol. The van der Waals surface area contributed by atoms with Gasteiger partial charge in [-0.1, -0.05) is 36.4 Å². The van der Waals surface area contributed by atoms with Crippen LogP contribution in [-0.2, 0) is 6.54 Å². The van der Waals surface area contributed by atoms with Gasteiger partial charge in [-0.15, -0.1) is 0 Å². The number of hydrogen-bond donors (Lipinski definition) is 1. The summed E-state index contributed by atoms with van der Waals surface area (Å²) in [6, 6.07) is 15.1. The summed E-state index contributed by atoms with van der Waals surface area (Å²) in [6.07, 6.45) is 3.25. The number of nitrogens with zero attached hydrogens (tertiary/aromatic N) is 2. The lowest BCUT2D eigenvalue weighted by Gasteiger charge is -2.16. The zero-order valence-electron chi connectivity index (χ0n) is 12.6. The summed E-state index contributed by atoms with van der Waals surface area (Å²) >= 11 is 0. The molecule has 1 aliphatic rings. The van der Waals surface area contributed by atoms with Gasteiger partial charge in [-0.3, -0.25) is 4.90 Å². The van der Waals surface area contributed by atoms with E-state index in [2.05, 4.69) is 64.6 Å². The topological polar surface area (TPSA) is 28.2 Å². The van der Waals surface area contributed by atoms with Gasteiger partial charge in [0.1, 0.15) is 5.82 Å². The SMILES string of the molecule is CCNc1ccc(CN2CCC(c3ccccc3)C2)cn1. The summed E-state index contributed by atoms with van der Waals surface area (Å²) in [5.74, 6) is 1.64. The van der Waals surface area contributed by atoms with Crippen LogP contribution in [0.5, 0.6) is 0 Å². The van der Waals surface area contributed by atoms with Crippen molar-refractivity contribution in [3.8, 4) is 0 Å². The van der Waals surface area contributed by atoms with Crippen molar-refractivity contribution < 1.29 is 0 Å². The number of anilines is 1. The molecule has 1 saturated heterocycles. The summed E-state index contributed by atoms with van der Waals surface area (Å²) in [5.41, 5.74) is 2.77. The molecular weight excluding hydrogens is 258 g/mol. The minimum Gasteiger partial charge on any atom is -0.370 e. The van der Waals surface area contributed by atoms with E-state index >= 15 is 0 Å². The van der Waals surface area contributed by atoms with Gasteiger partial charge >= 0.3 is 0 Å². The minimum absolute atomic E-state index is 0.681. The van der Waals surface area contributed by atoms with Gasteiger partial charge in [0.15, 0.2) is 0 Å². The average molecular weight is 281 g/mol. The molecular formula is C18H23N3. The molecule has 0 radical (unpaired) electrons. The van der Waals surface area contributed by atoms with Gasteiger partial charge in [-0.05, 0) is 43.0 Å². The maximum atomic E-state index is 4.45. The Balaban J connectivity index is 1.57. The molecule has 2 aromatic rings. The van der Waals surface area contributed by atoms with E-state index in [1.54, 1.807) is 0 Å². The van der Waals surface area contributed by atoms with E-state index in [4.69, 9.17) is 0 Å². The van der Waals surface area contributed by atoms with E-state index < -0.39 is 0 Å². The number of hydrogen-bond acceptors (Lipinski definition) is 3. The minimum atomic E-state index is 0.681. The Morgan fingerprint density at radius 1 is 1.19 bits per heavy atom. The van der Waals surface area contributed by atoms with Crippen molar-refractivity contribution in [2.24, 2.45) is 0 Å². The second-order valence-electron chi connectivity index (χ2n) is 5.71. The Bertz CT molecular complexity index is 550. The molecule has 0 amide bonds. The number of aromatic nitrogens is 1. The highest BCUT2D eigenvalue weighted by atomic mass is 15.1. The molecule has 1 atom stereocenters. The zero-order valence-corrected chi connectivity index (χ0v) is 12.6. The van der Waals surface area contributed by atoms with Crippen LogP contribution < -0.4 is 5.32 Å². The maximum absolute atomic E-state index is 4.45. The number of rotatable bonds is 5. The molecule has 110 valence electrons.